The average Bonchev–Trinajstić information content (AvgIpc) is 2.67. The van der Waals surface area contributed by atoms with Crippen LogP contribution in [0.1, 0.15) is 36.5 Å². The van der Waals surface area contributed by atoms with Gasteiger partial charge in [-0.15, -0.1) is 0 Å². The van der Waals surface area contributed by atoms with E-state index in [0.717, 1.165) is 23.7 Å². The first-order valence-corrected chi connectivity index (χ1v) is 7.42. The van der Waals surface area contributed by atoms with Crippen molar-refractivity contribution >= 4 is 16.8 Å². The minimum absolute atomic E-state index is 0.0402. The lowest BCUT2D eigenvalue weighted by atomic mass is 9.98. The number of rotatable bonds is 1. The van der Waals surface area contributed by atoms with Crippen LogP contribution in [0.4, 0.5) is 0 Å². The van der Waals surface area contributed by atoms with Gasteiger partial charge in [-0.2, -0.15) is 0 Å². The number of likely N-dealkylation sites (tertiary alicyclic amines) is 1. The Balaban J connectivity index is 1.83. The normalized spacial score (nSPS) is 23.0. The molecule has 0 spiro atoms. The van der Waals surface area contributed by atoms with Crippen LogP contribution in [0.3, 0.4) is 0 Å². The second-order valence-corrected chi connectivity index (χ2v) is 6.05. The maximum absolute atomic E-state index is 12.6. The van der Waals surface area contributed by atoms with Gasteiger partial charge in [0.05, 0.1) is 11.1 Å². The summed E-state index contributed by atoms with van der Waals surface area (Å²) in [7, 11) is 0. The molecule has 4 nitrogen and oxygen atoms in total. The van der Waals surface area contributed by atoms with Crippen molar-refractivity contribution in [2.75, 3.05) is 13.1 Å². The number of carbonyl (C=O) groups is 1. The van der Waals surface area contributed by atoms with Gasteiger partial charge in [-0.3, -0.25) is 9.78 Å². The van der Waals surface area contributed by atoms with Crippen molar-refractivity contribution in [2.24, 2.45) is 0 Å². The molecule has 1 unspecified atom stereocenters. The molecule has 1 atom stereocenters. The van der Waals surface area contributed by atoms with Gasteiger partial charge in [0.1, 0.15) is 0 Å². The largest absolute Gasteiger partial charge is 0.390 e. The van der Waals surface area contributed by atoms with Gasteiger partial charge in [-0.1, -0.05) is 6.07 Å². The van der Waals surface area contributed by atoms with Gasteiger partial charge in [0, 0.05) is 30.2 Å². The van der Waals surface area contributed by atoms with Crippen molar-refractivity contribution in [3.63, 3.8) is 0 Å². The van der Waals surface area contributed by atoms with E-state index in [-0.39, 0.29) is 5.91 Å². The van der Waals surface area contributed by atoms with Crippen molar-refractivity contribution in [1.82, 2.24) is 9.88 Å². The number of fused-ring (bicyclic) bond motifs is 1. The molecule has 1 aromatic carbocycles. The number of pyridine rings is 1. The van der Waals surface area contributed by atoms with E-state index >= 15 is 0 Å². The Morgan fingerprint density at radius 1 is 1.29 bits per heavy atom. The predicted octanol–water partition coefficient (Wildman–Crippen LogP) is 2.61. The number of carbonyl (C=O) groups excluding carboxylic acids is 1. The Hall–Kier alpha value is -1.94. The first-order chi connectivity index (χ1) is 10.1. The van der Waals surface area contributed by atoms with Gasteiger partial charge >= 0.3 is 0 Å². The molecule has 2 heterocycles. The zero-order valence-electron chi connectivity index (χ0n) is 12.2. The molecule has 0 bridgehead atoms. The quantitative estimate of drug-likeness (QED) is 0.875. The predicted molar refractivity (Wildman–Crippen MR) is 82.1 cm³/mol. The van der Waals surface area contributed by atoms with Gasteiger partial charge in [0.15, 0.2) is 0 Å². The van der Waals surface area contributed by atoms with E-state index in [1.54, 1.807) is 6.20 Å². The summed E-state index contributed by atoms with van der Waals surface area (Å²) in [6.45, 7) is 3.17. The number of hydrogen-bond acceptors (Lipinski definition) is 3. The Morgan fingerprint density at radius 2 is 2.14 bits per heavy atom. The molecule has 1 saturated heterocycles. The Morgan fingerprint density at radius 3 is 3.00 bits per heavy atom. The fourth-order valence-corrected chi connectivity index (χ4v) is 2.86. The average molecular weight is 284 g/mol. The molecule has 3 rings (SSSR count). The lowest BCUT2D eigenvalue weighted by Gasteiger charge is -2.22. The standard InChI is InChI=1S/C17H20N2O2/c1-17(21)7-3-10-19(11-8-17)16(20)14-5-6-15-13(12-14)4-2-9-18-15/h2,4-6,9,12,21H,3,7-8,10-11H2,1H3. The summed E-state index contributed by atoms with van der Waals surface area (Å²) in [5.74, 6) is 0.0402. The number of aromatic nitrogens is 1. The number of hydrogen-bond donors (Lipinski definition) is 1. The smallest absolute Gasteiger partial charge is 0.253 e. The molecule has 0 aliphatic carbocycles. The summed E-state index contributed by atoms with van der Waals surface area (Å²) in [6, 6.07) is 9.46. The second-order valence-electron chi connectivity index (χ2n) is 6.05. The van der Waals surface area contributed by atoms with E-state index in [9.17, 15) is 9.90 Å². The summed E-state index contributed by atoms with van der Waals surface area (Å²) in [4.78, 5) is 18.7. The van der Waals surface area contributed by atoms with Crippen LogP contribution in [-0.2, 0) is 0 Å². The summed E-state index contributed by atoms with van der Waals surface area (Å²) in [5.41, 5.74) is 0.937. The maximum Gasteiger partial charge on any atom is 0.253 e. The van der Waals surface area contributed by atoms with E-state index in [2.05, 4.69) is 4.98 Å². The third kappa shape index (κ3) is 3.05. The molecule has 0 radical (unpaired) electrons. The molecule has 2 aromatic rings. The van der Waals surface area contributed by atoms with Crippen LogP contribution in [0.15, 0.2) is 36.5 Å². The van der Waals surface area contributed by atoms with Crippen molar-refractivity contribution in [3.05, 3.63) is 42.1 Å². The molecule has 1 fully saturated rings. The molecule has 0 saturated carbocycles. The van der Waals surface area contributed by atoms with Gasteiger partial charge in [-0.05, 0) is 50.5 Å². The monoisotopic (exact) mass is 284 g/mol. The van der Waals surface area contributed by atoms with Crippen LogP contribution in [-0.4, -0.2) is 39.6 Å². The van der Waals surface area contributed by atoms with Crippen LogP contribution in [0.5, 0.6) is 0 Å². The van der Waals surface area contributed by atoms with Crippen LogP contribution in [0, 0.1) is 0 Å². The first-order valence-electron chi connectivity index (χ1n) is 7.42. The minimum Gasteiger partial charge on any atom is -0.390 e. The van der Waals surface area contributed by atoms with E-state index < -0.39 is 5.60 Å². The van der Waals surface area contributed by atoms with Crippen LogP contribution in [0.2, 0.25) is 0 Å². The highest BCUT2D eigenvalue weighted by Crippen LogP contribution is 2.23. The van der Waals surface area contributed by atoms with Crippen LogP contribution >= 0.6 is 0 Å². The zero-order valence-corrected chi connectivity index (χ0v) is 12.2. The molecule has 4 heteroatoms. The first kappa shape index (κ1) is 14.0. The highest BCUT2D eigenvalue weighted by Gasteiger charge is 2.27. The van der Waals surface area contributed by atoms with Gasteiger partial charge < -0.3 is 10.0 Å². The van der Waals surface area contributed by atoms with Gasteiger partial charge in [0.25, 0.3) is 5.91 Å². The van der Waals surface area contributed by atoms with Crippen molar-refractivity contribution in [3.8, 4) is 0 Å². The van der Waals surface area contributed by atoms with E-state index in [1.807, 2.05) is 42.2 Å². The highest BCUT2D eigenvalue weighted by atomic mass is 16.3. The van der Waals surface area contributed by atoms with E-state index in [1.165, 1.54) is 0 Å². The molecule has 1 N–H and O–H groups in total. The number of nitrogens with zero attached hydrogens (tertiary/aromatic N) is 2. The van der Waals surface area contributed by atoms with Crippen LogP contribution < -0.4 is 0 Å². The SMILES string of the molecule is CC1(O)CCCN(C(=O)c2ccc3ncccc3c2)CC1. The van der Waals surface area contributed by atoms with Crippen molar-refractivity contribution in [2.45, 2.75) is 31.8 Å². The molecule has 110 valence electrons. The Kier molecular flexibility index (Phi) is 3.64. The lowest BCUT2D eigenvalue weighted by Crippen LogP contribution is -2.33. The second kappa shape index (κ2) is 5.45. The maximum atomic E-state index is 12.6. The number of benzene rings is 1. The fraction of sp³-hybridized carbons (Fsp3) is 0.412. The van der Waals surface area contributed by atoms with Crippen LogP contribution in [0.25, 0.3) is 10.9 Å². The molecule has 1 aromatic heterocycles. The molecular weight excluding hydrogens is 264 g/mol. The third-order valence-electron chi connectivity index (χ3n) is 4.20. The fourth-order valence-electron chi connectivity index (χ4n) is 2.86. The minimum atomic E-state index is -0.650. The summed E-state index contributed by atoms with van der Waals surface area (Å²) in [5, 5.41) is 11.1. The number of amides is 1. The molecule has 21 heavy (non-hydrogen) atoms. The zero-order chi connectivity index (χ0) is 14.9. The molecule has 1 aliphatic heterocycles. The van der Waals surface area contributed by atoms with E-state index in [4.69, 9.17) is 0 Å². The third-order valence-corrected chi connectivity index (χ3v) is 4.20. The molecular formula is C17H20N2O2. The topological polar surface area (TPSA) is 53.4 Å². The van der Waals surface area contributed by atoms with Crippen molar-refractivity contribution in [1.29, 1.82) is 0 Å². The summed E-state index contributed by atoms with van der Waals surface area (Å²) < 4.78 is 0. The molecule has 1 amide bonds. The van der Waals surface area contributed by atoms with Gasteiger partial charge in [0.2, 0.25) is 0 Å². The summed E-state index contributed by atoms with van der Waals surface area (Å²) in [6.07, 6.45) is 3.97. The summed E-state index contributed by atoms with van der Waals surface area (Å²) >= 11 is 0. The lowest BCUT2D eigenvalue weighted by molar-refractivity contribution is 0.0438. The van der Waals surface area contributed by atoms with E-state index in [0.29, 0.717) is 25.1 Å². The number of aliphatic hydroxyl groups is 1. The van der Waals surface area contributed by atoms with Gasteiger partial charge in [-0.25, -0.2) is 0 Å². The Labute approximate surface area is 124 Å². The molecule has 1 aliphatic rings. The highest BCUT2D eigenvalue weighted by molar-refractivity contribution is 5.97. The Bertz CT molecular complexity index is 667. The van der Waals surface area contributed by atoms with Crippen molar-refractivity contribution < 1.29 is 9.90 Å².